The van der Waals surface area contributed by atoms with Gasteiger partial charge in [0.15, 0.2) is 0 Å². The van der Waals surface area contributed by atoms with E-state index in [0.717, 1.165) is 12.1 Å². The van der Waals surface area contributed by atoms with Gasteiger partial charge in [-0.1, -0.05) is 12.1 Å². The van der Waals surface area contributed by atoms with Crippen LogP contribution in [0.3, 0.4) is 0 Å². The van der Waals surface area contributed by atoms with Crippen molar-refractivity contribution >= 4 is 17.7 Å². The molecule has 2 amide bonds. The first-order valence-electron chi connectivity index (χ1n) is 5.98. The third kappa shape index (κ3) is 5.33. The van der Waals surface area contributed by atoms with Gasteiger partial charge in [-0.15, -0.1) is 0 Å². The van der Waals surface area contributed by atoms with Crippen LogP contribution in [-0.2, 0) is 11.0 Å². The minimum absolute atomic E-state index is 0.360. The summed E-state index contributed by atoms with van der Waals surface area (Å²) in [6, 6.07) is 3.62. The Bertz CT molecular complexity index is 542. The first-order valence-corrected chi connectivity index (χ1v) is 5.98. The molecule has 0 saturated carbocycles. The number of amides is 2. The second-order valence-corrected chi connectivity index (χ2v) is 5.08. The molecule has 8 heteroatoms. The van der Waals surface area contributed by atoms with Gasteiger partial charge in [0.2, 0.25) is 0 Å². The number of halogens is 3. The average Bonchev–Trinajstić information content (AvgIpc) is 2.24. The first-order chi connectivity index (χ1) is 9.51. The van der Waals surface area contributed by atoms with E-state index < -0.39 is 35.0 Å². The van der Waals surface area contributed by atoms with Crippen LogP contribution in [0.15, 0.2) is 24.3 Å². The lowest BCUT2D eigenvalue weighted by Crippen LogP contribution is -2.47. The van der Waals surface area contributed by atoms with E-state index in [9.17, 15) is 22.8 Å². The normalized spacial score (nSPS) is 11.9. The van der Waals surface area contributed by atoms with E-state index >= 15 is 0 Å². The van der Waals surface area contributed by atoms with Crippen LogP contribution in [0.4, 0.5) is 23.7 Å². The van der Waals surface area contributed by atoms with Crippen molar-refractivity contribution in [3.8, 4) is 0 Å². The Balaban J connectivity index is 2.83. The minimum atomic E-state index is -4.60. The molecule has 0 unspecified atom stereocenters. The second-order valence-electron chi connectivity index (χ2n) is 5.08. The monoisotopic (exact) mass is 304 g/mol. The van der Waals surface area contributed by atoms with Crippen molar-refractivity contribution < 1.29 is 27.9 Å². The van der Waals surface area contributed by atoms with Crippen molar-refractivity contribution in [3.05, 3.63) is 29.8 Å². The number of carboxylic acid groups (broad SMARTS) is 1. The molecule has 1 aromatic carbocycles. The van der Waals surface area contributed by atoms with Gasteiger partial charge >= 0.3 is 18.2 Å². The molecule has 116 valence electrons. The summed E-state index contributed by atoms with van der Waals surface area (Å²) in [6.45, 7) is 2.91. The molecule has 0 fully saturated rings. The van der Waals surface area contributed by atoms with E-state index in [1.165, 1.54) is 26.0 Å². The zero-order valence-electron chi connectivity index (χ0n) is 11.4. The highest BCUT2D eigenvalue weighted by atomic mass is 19.4. The third-order valence-electron chi connectivity index (χ3n) is 2.53. The number of alkyl halides is 3. The van der Waals surface area contributed by atoms with Gasteiger partial charge in [-0.2, -0.15) is 13.2 Å². The van der Waals surface area contributed by atoms with Crippen molar-refractivity contribution in [2.75, 3.05) is 5.32 Å². The third-order valence-corrected chi connectivity index (χ3v) is 2.53. The number of carbonyl (C=O) groups excluding carboxylic acids is 1. The molecule has 1 aromatic rings. The summed E-state index contributed by atoms with van der Waals surface area (Å²) >= 11 is 0. The maximum Gasteiger partial charge on any atom is 0.418 e. The van der Waals surface area contributed by atoms with Gasteiger partial charge in [-0.3, -0.25) is 4.79 Å². The molecule has 0 bridgehead atoms. The molecule has 1 rings (SSSR count). The van der Waals surface area contributed by atoms with Crippen LogP contribution in [-0.4, -0.2) is 22.6 Å². The predicted octanol–water partition coefficient (Wildman–Crippen LogP) is 3.08. The zero-order chi connectivity index (χ0) is 16.3. The number of aliphatic carboxylic acids is 1. The van der Waals surface area contributed by atoms with Crippen LogP contribution in [0.2, 0.25) is 0 Å². The number of para-hydroxylation sites is 1. The first kappa shape index (κ1) is 16.8. The highest BCUT2D eigenvalue weighted by molar-refractivity contribution is 5.91. The Hall–Kier alpha value is -2.25. The van der Waals surface area contributed by atoms with Gasteiger partial charge in [0.1, 0.15) is 0 Å². The highest BCUT2D eigenvalue weighted by Crippen LogP contribution is 2.34. The smallest absolute Gasteiger partial charge is 0.418 e. The predicted molar refractivity (Wildman–Crippen MR) is 69.9 cm³/mol. The van der Waals surface area contributed by atoms with Crippen molar-refractivity contribution in [3.63, 3.8) is 0 Å². The van der Waals surface area contributed by atoms with E-state index in [-0.39, 0.29) is 6.42 Å². The fraction of sp³-hybridized carbons (Fsp3) is 0.385. The Morgan fingerprint density at radius 1 is 1.19 bits per heavy atom. The van der Waals surface area contributed by atoms with E-state index in [0.29, 0.717) is 0 Å². The number of benzene rings is 1. The topological polar surface area (TPSA) is 78.4 Å². The van der Waals surface area contributed by atoms with Gasteiger partial charge in [-0.25, -0.2) is 4.79 Å². The van der Waals surface area contributed by atoms with Crippen LogP contribution in [0.5, 0.6) is 0 Å². The number of urea groups is 1. The van der Waals surface area contributed by atoms with Gasteiger partial charge < -0.3 is 15.7 Å². The molecule has 0 radical (unpaired) electrons. The SMILES string of the molecule is CC(C)(CC(=O)O)NC(=O)Nc1ccccc1C(F)(F)F. The lowest BCUT2D eigenvalue weighted by Gasteiger charge is -2.24. The molecule has 0 aliphatic heterocycles. The standard InChI is InChI=1S/C13H15F3N2O3/c1-12(2,7-10(19)20)18-11(21)17-9-6-4-3-5-8(9)13(14,15)16/h3-6H,7H2,1-2H3,(H,19,20)(H2,17,18,21). The molecule has 5 nitrogen and oxygen atoms in total. The van der Waals surface area contributed by atoms with Crippen LogP contribution < -0.4 is 10.6 Å². The number of hydrogen-bond acceptors (Lipinski definition) is 2. The molecule has 3 N–H and O–H groups in total. The maximum absolute atomic E-state index is 12.8. The average molecular weight is 304 g/mol. The molecule has 0 heterocycles. The number of carboxylic acids is 1. The fourth-order valence-electron chi connectivity index (χ4n) is 1.72. The Morgan fingerprint density at radius 2 is 1.76 bits per heavy atom. The largest absolute Gasteiger partial charge is 0.481 e. The van der Waals surface area contributed by atoms with Crippen LogP contribution >= 0.6 is 0 Å². The van der Waals surface area contributed by atoms with Crippen molar-refractivity contribution in [2.24, 2.45) is 0 Å². The van der Waals surface area contributed by atoms with Crippen molar-refractivity contribution in [1.29, 1.82) is 0 Å². The molecule has 21 heavy (non-hydrogen) atoms. The number of nitrogens with one attached hydrogen (secondary N) is 2. The summed E-state index contributed by atoms with van der Waals surface area (Å²) in [5.74, 6) is -1.13. The summed E-state index contributed by atoms with van der Waals surface area (Å²) in [5.41, 5.74) is -2.46. The van der Waals surface area contributed by atoms with Crippen LogP contribution in [0, 0.1) is 0 Å². The lowest BCUT2D eigenvalue weighted by atomic mass is 10.0. The van der Waals surface area contributed by atoms with E-state index in [1.807, 2.05) is 0 Å². The summed E-state index contributed by atoms with van der Waals surface area (Å²) < 4.78 is 38.3. The fourth-order valence-corrected chi connectivity index (χ4v) is 1.72. The van der Waals surface area contributed by atoms with Gasteiger partial charge in [0.05, 0.1) is 17.7 Å². The lowest BCUT2D eigenvalue weighted by molar-refractivity contribution is -0.138. The molecule has 0 saturated heterocycles. The van der Waals surface area contributed by atoms with Gasteiger partial charge in [-0.05, 0) is 26.0 Å². The Labute approximate surface area is 119 Å². The summed E-state index contributed by atoms with van der Waals surface area (Å²) in [7, 11) is 0. The molecular weight excluding hydrogens is 289 g/mol. The quantitative estimate of drug-likeness (QED) is 0.800. The summed E-state index contributed by atoms with van der Waals surface area (Å²) in [5, 5.41) is 13.1. The zero-order valence-corrected chi connectivity index (χ0v) is 11.4. The minimum Gasteiger partial charge on any atom is -0.481 e. The van der Waals surface area contributed by atoms with E-state index in [4.69, 9.17) is 5.11 Å². The van der Waals surface area contributed by atoms with Crippen LogP contribution in [0.1, 0.15) is 25.8 Å². The molecule has 0 spiro atoms. The number of rotatable bonds is 4. The number of hydrogen-bond donors (Lipinski definition) is 3. The van der Waals surface area contributed by atoms with Gasteiger partial charge in [0, 0.05) is 5.54 Å². The summed E-state index contributed by atoms with van der Waals surface area (Å²) in [4.78, 5) is 22.3. The van der Waals surface area contributed by atoms with Crippen molar-refractivity contribution in [2.45, 2.75) is 32.0 Å². The maximum atomic E-state index is 12.8. The molecular formula is C13H15F3N2O3. The molecule has 0 aliphatic rings. The van der Waals surface area contributed by atoms with E-state index in [2.05, 4.69) is 10.6 Å². The van der Waals surface area contributed by atoms with Crippen molar-refractivity contribution in [1.82, 2.24) is 5.32 Å². The second kappa shape index (κ2) is 6.02. The number of anilines is 1. The molecule has 0 aliphatic carbocycles. The van der Waals surface area contributed by atoms with Gasteiger partial charge in [0.25, 0.3) is 0 Å². The van der Waals surface area contributed by atoms with E-state index in [1.54, 1.807) is 0 Å². The molecule has 0 atom stereocenters. The molecule has 0 aromatic heterocycles. The Kier molecular flexibility index (Phi) is 4.82. The highest BCUT2D eigenvalue weighted by Gasteiger charge is 2.34. The number of carbonyl (C=O) groups is 2. The Morgan fingerprint density at radius 3 is 2.29 bits per heavy atom. The summed E-state index contributed by atoms with van der Waals surface area (Å²) in [6.07, 6.45) is -4.96. The van der Waals surface area contributed by atoms with Crippen LogP contribution in [0.25, 0.3) is 0 Å².